The maximum absolute atomic E-state index is 9.55. The number of hydrogen-bond acceptors (Lipinski definition) is 2. The highest BCUT2D eigenvalue weighted by Gasteiger charge is 2.44. The molecular weight excluding hydrogens is 252 g/mol. The minimum atomic E-state index is -1.68. The predicted octanol–water partition coefficient (Wildman–Crippen LogP) is 5.12. The second-order valence-corrected chi connectivity index (χ2v) is 12.2. The molecule has 0 aliphatic rings. The quantitative estimate of drug-likeness (QED) is 0.446. The molecule has 1 unspecified atom stereocenters. The van der Waals surface area contributed by atoms with Crippen molar-refractivity contribution in [2.24, 2.45) is 0 Å². The maximum Gasteiger partial charge on any atom is 0.200 e. The van der Waals surface area contributed by atoms with Crippen LogP contribution in [0.5, 0.6) is 0 Å². The van der Waals surface area contributed by atoms with Crippen molar-refractivity contribution in [1.29, 1.82) is 0 Å². The van der Waals surface area contributed by atoms with Crippen LogP contribution in [0.4, 0.5) is 0 Å². The zero-order chi connectivity index (χ0) is 15.1. The summed E-state index contributed by atoms with van der Waals surface area (Å²) in [6.45, 7) is 16.9. The third kappa shape index (κ3) is 5.56. The van der Waals surface area contributed by atoms with Crippen LogP contribution in [0.15, 0.2) is 0 Å². The highest BCUT2D eigenvalue weighted by atomic mass is 28.4. The van der Waals surface area contributed by atoms with E-state index in [1.165, 1.54) is 0 Å². The highest BCUT2D eigenvalue weighted by Crippen LogP contribution is 2.42. The SMILES string of the molecule is CCC(O)CCCCO[Si](C(C)C)(C(C)C)C(C)C. The molecule has 0 saturated carbocycles. The lowest BCUT2D eigenvalue weighted by molar-refractivity contribution is 0.153. The number of unbranched alkanes of at least 4 members (excludes halogenated alkanes) is 1. The molecule has 0 fully saturated rings. The van der Waals surface area contributed by atoms with Crippen LogP contribution in [0.3, 0.4) is 0 Å². The average Bonchev–Trinajstić information content (AvgIpc) is 2.31. The molecule has 0 amide bonds. The molecular formula is C16H36O2Si. The van der Waals surface area contributed by atoms with Crippen molar-refractivity contribution >= 4 is 8.32 Å². The molecule has 0 heterocycles. The molecule has 19 heavy (non-hydrogen) atoms. The van der Waals surface area contributed by atoms with Crippen molar-refractivity contribution in [2.45, 2.75) is 96.9 Å². The van der Waals surface area contributed by atoms with E-state index in [1.54, 1.807) is 0 Å². The third-order valence-corrected chi connectivity index (χ3v) is 10.6. The van der Waals surface area contributed by atoms with Crippen molar-refractivity contribution in [3.05, 3.63) is 0 Å². The number of aliphatic hydroxyl groups is 1. The Bertz CT molecular complexity index is 205. The molecule has 116 valence electrons. The summed E-state index contributed by atoms with van der Waals surface area (Å²) in [4.78, 5) is 0. The summed E-state index contributed by atoms with van der Waals surface area (Å²) in [6, 6.07) is 0. The van der Waals surface area contributed by atoms with Gasteiger partial charge in [-0.2, -0.15) is 0 Å². The van der Waals surface area contributed by atoms with E-state index in [1.807, 2.05) is 6.92 Å². The Hall–Kier alpha value is 0.137. The summed E-state index contributed by atoms with van der Waals surface area (Å²) in [5.74, 6) is 0. The molecule has 0 aliphatic heterocycles. The molecule has 0 bridgehead atoms. The molecule has 0 spiro atoms. The zero-order valence-electron chi connectivity index (χ0n) is 14.2. The molecule has 1 N–H and O–H groups in total. The summed E-state index contributed by atoms with van der Waals surface area (Å²) in [5, 5.41) is 9.55. The van der Waals surface area contributed by atoms with Crippen molar-refractivity contribution in [3.8, 4) is 0 Å². The first-order valence-electron chi connectivity index (χ1n) is 8.10. The molecule has 2 nitrogen and oxygen atoms in total. The highest BCUT2D eigenvalue weighted by molar-refractivity contribution is 6.77. The largest absolute Gasteiger partial charge is 0.416 e. The topological polar surface area (TPSA) is 29.5 Å². The van der Waals surface area contributed by atoms with Crippen molar-refractivity contribution in [1.82, 2.24) is 0 Å². The third-order valence-electron chi connectivity index (χ3n) is 4.46. The van der Waals surface area contributed by atoms with E-state index in [2.05, 4.69) is 41.5 Å². The average molecular weight is 289 g/mol. The molecule has 0 rings (SSSR count). The van der Waals surface area contributed by atoms with E-state index in [0.29, 0.717) is 16.6 Å². The lowest BCUT2D eigenvalue weighted by atomic mass is 10.1. The standard InChI is InChI=1S/C16H36O2Si/c1-8-16(17)11-9-10-12-18-19(13(2)3,14(4)5)15(6)7/h13-17H,8-12H2,1-7H3. The molecule has 0 aliphatic carbocycles. The first-order valence-corrected chi connectivity index (χ1v) is 10.2. The fourth-order valence-corrected chi connectivity index (χ4v) is 8.93. The molecule has 0 aromatic heterocycles. The van der Waals surface area contributed by atoms with Gasteiger partial charge in [-0.25, -0.2) is 0 Å². The van der Waals surface area contributed by atoms with E-state index in [0.717, 1.165) is 32.3 Å². The Kier molecular flexibility index (Phi) is 9.21. The van der Waals surface area contributed by atoms with E-state index in [-0.39, 0.29) is 6.10 Å². The van der Waals surface area contributed by atoms with Crippen molar-refractivity contribution in [2.75, 3.05) is 6.61 Å². The lowest BCUT2D eigenvalue weighted by Crippen LogP contribution is -2.47. The summed E-state index contributed by atoms with van der Waals surface area (Å²) in [5.41, 5.74) is 1.98. The Labute approximate surface area is 122 Å². The van der Waals surface area contributed by atoms with Gasteiger partial charge in [0.25, 0.3) is 0 Å². The maximum atomic E-state index is 9.55. The fraction of sp³-hybridized carbons (Fsp3) is 1.00. The van der Waals surface area contributed by atoms with E-state index in [4.69, 9.17) is 4.43 Å². The van der Waals surface area contributed by atoms with Crippen LogP contribution in [0.2, 0.25) is 16.6 Å². The second-order valence-electron chi connectivity index (χ2n) is 6.72. The summed E-state index contributed by atoms with van der Waals surface area (Å²) in [6.07, 6.45) is 3.82. The predicted molar refractivity (Wildman–Crippen MR) is 87.1 cm³/mol. The van der Waals surface area contributed by atoms with Gasteiger partial charge in [0.05, 0.1) is 6.10 Å². The zero-order valence-corrected chi connectivity index (χ0v) is 15.2. The summed E-state index contributed by atoms with van der Waals surface area (Å²) >= 11 is 0. The Morgan fingerprint density at radius 1 is 0.895 bits per heavy atom. The first-order chi connectivity index (χ1) is 8.78. The molecule has 1 atom stereocenters. The monoisotopic (exact) mass is 288 g/mol. The fourth-order valence-electron chi connectivity index (χ4n) is 3.44. The Morgan fingerprint density at radius 2 is 1.37 bits per heavy atom. The van der Waals surface area contributed by atoms with Crippen LogP contribution in [0.1, 0.15) is 74.1 Å². The Balaban J connectivity index is 4.29. The van der Waals surface area contributed by atoms with Gasteiger partial charge in [-0.15, -0.1) is 0 Å². The van der Waals surface area contributed by atoms with Crippen LogP contribution in [0, 0.1) is 0 Å². The van der Waals surface area contributed by atoms with Gasteiger partial charge < -0.3 is 9.53 Å². The molecule has 0 aromatic carbocycles. The van der Waals surface area contributed by atoms with E-state index < -0.39 is 8.32 Å². The smallest absolute Gasteiger partial charge is 0.200 e. The van der Waals surface area contributed by atoms with Gasteiger partial charge in [-0.1, -0.05) is 48.5 Å². The van der Waals surface area contributed by atoms with Crippen LogP contribution in [0.25, 0.3) is 0 Å². The van der Waals surface area contributed by atoms with Gasteiger partial charge in [0.2, 0.25) is 0 Å². The second kappa shape index (κ2) is 9.14. The normalized spacial score (nSPS) is 14.7. The lowest BCUT2D eigenvalue weighted by Gasteiger charge is -2.42. The number of rotatable bonds is 10. The minimum absolute atomic E-state index is 0.123. The van der Waals surface area contributed by atoms with Gasteiger partial charge in [0, 0.05) is 6.61 Å². The van der Waals surface area contributed by atoms with Gasteiger partial charge in [-0.3, -0.25) is 0 Å². The molecule has 0 radical (unpaired) electrons. The molecule has 0 aromatic rings. The van der Waals surface area contributed by atoms with Gasteiger partial charge in [0.15, 0.2) is 8.32 Å². The molecule has 3 heteroatoms. The number of aliphatic hydroxyl groups excluding tert-OH is 1. The minimum Gasteiger partial charge on any atom is -0.416 e. The summed E-state index contributed by atoms with van der Waals surface area (Å²) in [7, 11) is -1.68. The van der Waals surface area contributed by atoms with E-state index in [9.17, 15) is 5.11 Å². The first kappa shape index (κ1) is 19.1. The van der Waals surface area contributed by atoms with Crippen molar-refractivity contribution in [3.63, 3.8) is 0 Å². The van der Waals surface area contributed by atoms with Crippen LogP contribution >= 0.6 is 0 Å². The van der Waals surface area contributed by atoms with Crippen LogP contribution in [-0.2, 0) is 4.43 Å². The molecule has 0 saturated heterocycles. The van der Waals surface area contributed by atoms with Crippen molar-refractivity contribution < 1.29 is 9.53 Å². The van der Waals surface area contributed by atoms with Crippen LogP contribution in [-0.4, -0.2) is 26.1 Å². The van der Waals surface area contributed by atoms with Crippen LogP contribution < -0.4 is 0 Å². The van der Waals surface area contributed by atoms with Gasteiger partial charge >= 0.3 is 0 Å². The van der Waals surface area contributed by atoms with E-state index >= 15 is 0 Å². The summed E-state index contributed by atoms with van der Waals surface area (Å²) < 4.78 is 6.49. The Morgan fingerprint density at radius 3 is 1.74 bits per heavy atom. The van der Waals surface area contributed by atoms with Gasteiger partial charge in [0.1, 0.15) is 0 Å². The van der Waals surface area contributed by atoms with Gasteiger partial charge in [-0.05, 0) is 42.3 Å². The number of hydrogen-bond donors (Lipinski definition) is 1.